The molecule has 21 heteroatoms. The van der Waals surface area contributed by atoms with E-state index in [2.05, 4.69) is 52.3 Å². The zero-order valence-electron chi connectivity index (χ0n) is 60.6. The number of carbonyl (C=O) groups is 4. The van der Waals surface area contributed by atoms with Crippen molar-refractivity contribution < 1.29 is 45.5 Å². The molecule has 9 atom stereocenters. The maximum atomic E-state index is 17.6. The van der Waals surface area contributed by atoms with E-state index in [1.807, 2.05) is 62.4 Å². The number of amides is 5. The lowest BCUT2D eigenvalue weighted by molar-refractivity contribution is -0.141. The summed E-state index contributed by atoms with van der Waals surface area (Å²) in [6.07, 6.45) is 8.17. The Morgan fingerprint density at radius 2 is 1.00 bits per heavy atom. The first kappa shape index (κ1) is 75.9. The van der Waals surface area contributed by atoms with Gasteiger partial charge in [-0.25, -0.2) is 31.1 Å². The number of sulfonamides is 2. The number of ether oxygens (including phenoxy) is 2. The number of fused-ring (bicyclic) bond motifs is 2. The highest BCUT2D eigenvalue weighted by atomic mass is 35.5. The first-order valence-corrected chi connectivity index (χ1v) is 39.6. The predicted molar refractivity (Wildman–Crippen MR) is 407 cm³/mol. The van der Waals surface area contributed by atoms with Gasteiger partial charge in [0.15, 0.2) is 0 Å². The molecule has 18 nitrogen and oxygen atoms in total. The molecule has 0 saturated carbocycles. The summed E-state index contributed by atoms with van der Waals surface area (Å²) in [4.78, 5) is 75.2. The van der Waals surface area contributed by atoms with Gasteiger partial charge in [-0.2, -0.15) is 0 Å². The molecule has 5 amide bonds. The minimum absolute atomic E-state index is 0.0788. The van der Waals surface area contributed by atoms with Crippen molar-refractivity contribution in [1.29, 1.82) is 0 Å². The van der Waals surface area contributed by atoms with Gasteiger partial charge in [-0.15, -0.1) is 0 Å². The number of likely N-dealkylation sites (N-methyl/N-ethyl adjacent to an activating group) is 1. The second-order valence-electron chi connectivity index (χ2n) is 28.7. The first-order chi connectivity index (χ1) is 49.4. The van der Waals surface area contributed by atoms with Crippen LogP contribution in [0, 0.1) is 5.92 Å². The molecular weight excluding hydrogens is 1360 g/mol. The van der Waals surface area contributed by atoms with Crippen molar-refractivity contribution in [2.75, 3.05) is 34.4 Å². The van der Waals surface area contributed by atoms with E-state index in [0.717, 1.165) is 61.5 Å². The molecule has 8 aromatic rings. The van der Waals surface area contributed by atoms with Crippen LogP contribution in [-0.2, 0) is 54.1 Å². The van der Waals surface area contributed by atoms with Crippen LogP contribution in [0.15, 0.2) is 186 Å². The maximum absolute atomic E-state index is 17.6. The number of hydrogen-bond donors (Lipinski definition) is 3. The van der Waals surface area contributed by atoms with Crippen molar-refractivity contribution >= 4 is 76.9 Å². The van der Waals surface area contributed by atoms with Gasteiger partial charge in [-0.1, -0.05) is 140 Å². The number of nitrogens with one attached hydrogen (secondary N) is 3. The van der Waals surface area contributed by atoms with Crippen LogP contribution in [0.5, 0.6) is 11.5 Å². The Balaban J connectivity index is 1.10. The number of nitrogens with zero attached hydrogens (tertiary/aromatic N) is 5. The highest BCUT2D eigenvalue weighted by Gasteiger charge is 2.50. The molecule has 3 aliphatic rings. The first-order valence-electron chi connectivity index (χ1n) is 36.2. The molecule has 546 valence electrons. The van der Waals surface area contributed by atoms with E-state index in [0.29, 0.717) is 106 Å². The molecule has 0 aliphatic carbocycles. The molecule has 11 rings (SSSR count). The summed E-state index contributed by atoms with van der Waals surface area (Å²) in [5, 5.41) is 6.15. The fourth-order valence-electron chi connectivity index (χ4n) is 15.2. The Morgan fingerprint density at radius 1 is 0.534 bits per heavy atom. The van der Waals surface area contributed by atoms with Crippen LogP contribution >= 0.6 is 11.6 Å². The third-order valence-corrected chi connectivity index (χ3v) is 24.6. The number of rotatable bonds is 26. The molecule has 3 saturated heterocycles. The van der Waals surface area contributed by atoms with Gasteiger partial charge in [-0.05, 0) is 202 Å². The van der Waals surface area contributed by atoms with Gasteiger partial charge in [0.2, 0.25) is 37.8 Å². The summed E-state index contributed by atoms with van der Waals surface area (Å²) in [6.45, 7) is 14.4. The molecule has 1 unspecified atom stereocenters. The fraction of sp³-hybridized carbons (Fsp3) is 0.415. The van der Waals surface area contributed by atoms with Crippen LogP contribution in [0.25, 0.3) is 21.5 Å². The molecule has 103 heavy (non-hydrogen) atoms. The van der Waals surface area contributed by atoms with Gasteiger partial charge < -0.3 is 24.6 Å². The summed E-state index contributed by atoms with van der Waals surface area (Å²) in [5.41, 5.74) is 3.69. The summed E-state index contributed by atoms with van der Waals surface area (Å²) < 4.78 is 78.4. The quantitative estimate of drug-likeness (QED) is 0.0463. The number of piperidine rings is 3. The third kappa shape index (κ3) is 18.3. The number of likely N-dealkylation sites (tertiary alicyclic amines) is 3. The summed E-state index contributed by atoms with van der Waals surface area (Å²) in [6, 6.07) is 46.3. The Kier molecular flexibility index (Phi) is 24.8. The van der Waals surface area contributed by atoms with Gasteiger partial charge in [0.25, 0.3) is 0 Å². The Morgan fingerprint density at radius 3 is 1.50 bits per heavy atom. The fourth-order valence-corrected chi connectivity index (χ4v) is 17.8. The molecule has 3 aliphatic heterocycles. The van der Waals surface area contributed by atoms with Crippen molar-refractivity contribution in [3.63, 3.8) is 0 Å². The molecule has 0 radical (unpaired) electrons. The predicted octanol–water partition coefficient (Wildman–Crippen LogP) is 14.7. The van der Waals surface area contributed by atoms with Crippen LogP contribution < -0.4 is 24.2 Å². The molecule has 3 fully saturated rings. The molecule has 3 heterocycles. The minimum atomic E-state index is -4.72. The van der Waals surface area contributed by atoms with Crippen LogP contribution in [-0.4, -0.2) is 136 Å². The van der Waals surface area contributed by atoms with Gasteiger partial charge >= 0.3 is 6.03 Å². The van der Waals surface area contributed by atoms with E-state index in [1.54, 1.807) is 135 Å². The van der Waals surface area contributed by atoms with Crippen LogP contribution in [0.1, 0.15) is 157 Å². The Bertz CT molecular complexity index is 4490. The van der Waals surface area contributed by atoms with Crippen molar-refractivity contribution in [1.82, 2.24) is 39.3 Å². The largest absolute Gasteiger partial charge is 0.497 e. The summed E-state index contributed by atoms with van der Waals surface area (Å²) >= 11 is 6.49. The lowest BCUT2D eigenvalue weighted by atomic mass is 9.73. The number of methoxy groups -OCH3 is 2. The lowest BCUT2D eigenvalue weighted by Gasteiger charge is -2.42. The van der Waals surface area contributed by atoms with E-state index in [9.17, 15) is 8.42 Å². The number of hydrogen-bond acceptors (Lipinski definition) is 12. The van der Waals surface area contributed by atoms with Crippen LogP contribution in [0.2, 0.25) is 5.02 Å². The zero-order valence-corrected chi connectivity index (χ0v) is 63.0. The molecular formula is C82H99ClN8O10S2. The van der Waals surface area contributed by atoms with Gasteiger partial charge in [-0.3, -0.25) is 29.1 Å². The summed E-state index contributed by atoms with van der Waals surface area (Å²) in [5.74, 6) is -4.37. The van der Waals surface area contributed by atoms with Crippen molar-refractivity contribution in [3.8, 4) is 11.5 Å². The Hall–Kier alpha value is -8.21. The smallest absolute Gasteiger partial charge is 0.327 e. The van der Waals surface area contributed by atoms with E-state index < -0.39 is 86.2 Å². The Labute approximate surface area is 613 Å². The second kappa shape index (κ2) is 33.7. The van der Waals surface area contributed by atoms with Crippen molar-refractivity contribution in [2.45, 2.75) is 189 Å². The SMILES string of the molecule is COc1ccc2cc(S(=O)(=O)N[C@H](CC(=O)N[C@@H](C(=O)N(C)C(C)C)C(c3ccc(CN4[C@H](C)CCC[C@@H]4C)cc3)[C@@H](C(=O)N(Cc3ccc(CN4[C@H](C)CCC[C@@H]4C)cc3)C(=O)N3CCCCC3)[C@@H](NS(=O)(=O)c3ccc4cc(OC)ccc4c3)c3ccccc3)c3ccc(Cl)cc3)ccc2c1. The van der Waals surface area contributed by atoms with Gasteiger partial charge in [0.1, 0.15) is 17.5 Å². The highest BCUT2D eigenvalue weighted by molar-refractivity contribution is 7.89. The number of carbonyl (C=O) groups excluding carboxylic acids is 4. The highest BCUT2D eigenvalue weighted by Crippen LogP contribution is 2.43. The molecule has 8 aromatic carbocycles. The lowest BCUT2D eigenvalue weighted by Crippen LogP contribution is -2.58. The molecule has 0 spiro atoms. The normalized spacial score (nSPS) is 19.3. The third-order valence-electron chi connectivity index (χ3n) is 21.5. The average molecular weight is 1460 g/mol. The molecule has 3 N–H and O–H groups in total. The van der Waals surface area contributed by atoms with Crippen molar-refractivity contribution in [3.05, 3.63) is 214 Å². The average Bonchev–Trinajstić information content (AvgIpc) is 0.755. The number of imide groups is 1. The van der Waals surface area contributed by atoms with Crippen LogP contribution in [0.4, 0.5) is 4.79 Å². The number of benzene rings is 8. The van der Waals surface area contributed by atoms with Crippen LogP contribution in [0.3, 0.4) is 0 Å². The summed E-state index contributed by atoms with van der Waals surface area (Å²) in [7, 11) is -4.46. The zero-order chi connectivity index (χ0) is 73.3. The van der Waals surface area contributed by atoms with E-state index in [1.165, 1.54) is 28.0 Å². The van der Waals surface area contributed by atoms with E-state index >= 15 is 27.6 Å². The van der Waals surface area contributed by atoms with Crippen molar-refractivity contribution in [2.24, 2.45) is 5.92 Å². The maximum Gasteiger partial charge on any atom is 0.327 e. The van der Waals surface area contributed by atoms with Gasteiger partial charge in [0, 0.05) is 80.8 Å². The topological polar surface area (TPSA) is 207 Å². The number of halogens is 1. The standard InChI is InChI=1S/C82H99ClN8O10S2/c1-54(2)87(7)81(94)79(84-75(92)50-74(62-32-38-69(83)39-33-62)85-102(96,97)72-42-36-65-46-70(100-8)40-34-67(65)48-72)76(63-30-28-61(29-31-63)52-90-57(5)20-17-21-58(90)6)77(78(64-22-12-10-13-23-64)86-103(98,99)73-43-37-66-47-71(101-9)41-35-68(66)49-73)80(93)91(82(95)88-44-14-11-15-45-88)53-60-26-24-59(25-27-60)51-89-55(3)18-16-19-56(89)4/h10,12-13,22-43,46-49,54-58,74,76-79,85-86H,11,14-21,44-45,50-53H2,1-9H3,(H,84,92)/t55-,56+,57-,58+,74-,76?,77-,78+,79-/m1/s1. The number of urea groups is 1. The monoisotopic (exact) mass is 1450 g/mol. The molecule has 0 aromatic heterocycles. The van der Waals surface area contributed by atoms with E-state index in [4.69, 9.17) is 21.1 Å². The van der Waals surface area contributed by atoms with E-state index in [-0.39, 0.29) is 28.4 Å². The van der Waals surface area contributed by atoms with Gasteiger partial charge in [0.05, 0.1) is 48.6 Å². The second-order valence-corrected chi connectivity index (χ2v) is 32.6. The molecule has 0 bridgehead atoms. The minimum Gasteiger partial charge on any atom is -0.497 e.